The number of aromatic nitrogens is 3. The van der Waals surface area contributed by atoms with Gasteiger partial charge in [-0.15, -0.1) is 5.10 Å². The van der Waals surface area contributed by atoms with Crippen LogP contribution in [0.1, 0.15) is 83.4 Å². The number of nitrogens with zero attached hydrogens (tertiary/aromatic N) is 4. The molecule has 0 bridgehead atoms. The molecule has 2 amide bonds. The third-order valence-corrected chi connectivity index (χ3v) is 5.75. The highest BCUT2D eigenvalue weighted by Gasteiger charge is 2.25. The summed E-state index contributed by atoms with van der Waals surface area (Å²) in [6.45, 7) is 11.5. The Morgan fingerprint density at radius 3 is 2.41 bits per heavy atom. The van der Waals surface area contributed by atoms with Gasteiger partial charge in [0.2, 0.25) is 0 Å². The Morgan fingerprint density at radius 1 is 1.19 bits per heavy atom. The van der Waals surface area contributed by atoms with E-state index >= 15 is 4.39 Å². The lowest BCUT2D eigenvalue weighted by Gasteiger charge is -2.24. The van der Waals surface area contributed by atoms with Gasteiger partial charge in [0.05, 0.1) is 18.7 Å². The van der Waals surface area contributed by atoms with Crippen molar-refractivity contribution in [2.24, 2.45) is 7.05 Å². The van der Waals surface area contributed by atoms with E-state index in [0.29, 0.717) is 6.61 Å². The number of unbranched alkanes of at least 4 members (excludes halogenated alkanes) is 1. The molecule has 10 nitrogen and oxygen atoms in total. The Hall–Kier alpha value is -3.37. The summed E-state index contributed by atoms with van der Waals surface area (Å²) < 4.78 is 28.6. The first kappa shape index (κ1) is 29.9. The van der Waals surface area contributed by atoms with Crippen molar-refractivity contribution in [2.45, 2.75) is 85.4 Å². The maximum atomic E-state index is 15.3. The van der Waals surface area contributed by atoms with Crippen LogP contribution in [-0.4, -0.2) is 56.5 Å². The molecule has 1 N–H and O–H groups in total. The number of ether oxygens (including phenoxy) is 2. The van der Waals surface area contributed by atoms with E-state index in [1.54, 1.807) is 20.8 Å². The summed E-state index contributed by atoms with van der Waals surface area (Å²) in [5.41, 5.74) is -1.40. The van der Waals surface area contributed by atoms with Crippen LogP contribution in [0.5, 0.6) is 5.75 Å². The monoisotopic (exact) mass is 521 g/mol. The van der Waals surface area contributed by atoms with Gasteiger partial charge in [-0.3, -0.25) is 9.36 Å². The number of halogens is 1. The topological polar surface area (TPSA) is 108 Å². The lowest BCUT2D eigenvalue weighted by Crippen LogP contribution is -2.34. The molecule has 0 saturated heterocycles. The molecule has 0 unspecified atom stereocenters. The SMILES string of the molecule is CCCCOc1cc(-n2nc(CN(C)C(=O)OC(C)(C)C)n(C)c2=O)c(F)cc1C(=O)NC(CC)CC. The highest BCUT2D eigenvalue weighted by Crippen LogP contribution is 2.26. The number of rotatable bonds is 11. The number of hydrogen-bond acceptors (Lipinski definition) is 6. The summed E-state index contributed by atoms with van der Waals surface area (Å²) in [7, 11) is 3.00. The standard InChI is InChI=1S/C26H40FN5O5/c1-9-12-13-36-21-15-20(19(27)14-18(21)23(33)28-17(10-2)11-3)32-24(34)31(8)22(29-32)16-30(7)25(35)37-26(4,5)6/h14-15,17H,9-13,16H2,1-8H3,(H,28,33). The molecule has 11 heteroatoms. The largest absolute Gasteiger partial charge is 0.493 e. The van der Waals surface area contributed by atoms with Gasteiger partial charge in [-0.1, -0.05) is 27.2 Å². The van der Waals surface area contributed by atoms with Crippen LogP contribution >= 0.6 is 0 Å². The van der Waals surface area contributed by atoms with Crippen LogP contribution in [0.15, 0.2) is 16.9 Å². The first-order chi connectivity index (χ1) is 17.3. The predicted octanol–water partition coefficient (Wildman–Crippen LogP) is 4.17. The number of hydrogen-bond donors (Lipinski definition) is 1. The Balaban J connectivity index is 2.46. The molecule has 0 saturated carbocycles. The van der Waals surface area contributed by atoms with E-state index in [-0.39, 0.29) is 35.4 Å². The van der Waals surface area contributed by atoms with E-state index in [4.69, 9.17) is 9.47 Å². The minimum atomic E-state index is -0.801. The fraction of sp³-hybridized carbons (Fsp3) is 0.615. The van der Waals surface area contributed by atoms with Gasteiger partial charge < -0.3 is 19.7 Å². The molecule has 2 aromatic rings. The van der Waals surface area contributed by atoms with Crippen molar-refractivity contribution in [3.63, 3.8) is 0 Å². The van der Waals surface area contributed by atoms with Gasteiger partial charge in [-0.2, -0.15) is 4.68 Å². The third-order valence-electron chi connectivity index (χ3n) is 5.75. The van der Waals surface area contributed by atoms with Crippen molar-refractivity contribution in [1.29, 1.82) is 0 Å². The molecule has 0 atom stereocenters. The number of carbonyl (C=O) groups excluding carboxylic acids is 2. The van der Waals surface area contributed by atoms with Crippen LogP contribution in [0.25, 0.3) is 5.69 Å². The average molecular weight is 522 g/mol. The summed E-state index contributed by atoms with van der Waals surface area (Å²) in [6.07, 6.45) is 2.50. The van der Waals surface area contributed by atoms with Crippen LogP contribution in [-0.2, 0) is 18.3 Å². The molecule has 1 heterocycles. The third kappa shape index (κ3) is 7.80. The van der Waals surface area contributed by atoms with E-state index < -0.39 is 29.1 Å². The molecule has 206 valence electrons. The molecular weight excluding hydrogens is 481 g/mol. The highest BCUT2D eigenvalue weighted by atomic mass is 19.1. The van der Waals surface area contributed by atoms with Crippen molar-refractivity contribution < 1.29 is 23.5 Å². The first-order valence-electron chi connectivity index (χ1n) is 12.7. The van der Waals surface area contributed by atoms with Gasteiger partial charge in [0.25, 0.3) is 5.91 Å². The molecule has 0 fully saturated rings. The number of carbonyl (C=O) groups is 2. The van der Waals surface area contributed by atoms with Crippen molar-refractivity contribution in [3.05, 3.63) is 39.8 Å². The van der Waals surface area contributed by atoms with E-state index in [9.17, 15) is 14.4 Å². The quantitative estimate of drug-likeness (QED) is 0.445. The van der Waals surface area contributed by atoms with E-state index in [1.807, 2.05) is 20.8 Å². The minimum Gasteiger partial charge on any atom is -0.493 e. The van der Waals surface area contributed by atoms with Gasteiger partial charge in [-0.05, 0) is 46.1 Å². The van der Waals surface area contributed by atoms with Gasteiger partial charge in [0.15, 0.2) is 5.82 Å². The first-order valence-corrected chi connectivity index (χ1v) is 12.7. The lowest BCUT2D eigenvalue weighted by atomic mass is 10.1. The average Bonchev–Trinajstić information content (AvgIpc) is 3.10. The molecular formula is C26H40FN5O5. The molecule has 0 radical (unpaired) electrons. The normalized spacial score (nSPS) is 11.5. The lowest BCUT2D eigenvalue weighted by molar-refractivity contribution is 0.0279. The highest BCUT2D eigenvalue weighted by molar-refractivity contribution is 5.97. The van der Waals surface area contributed by atoms with Gasteiger partial charge in [-0.25, -0.2) is 14.0 Å². The van der Waals surface area contributed by atoms with Crippen LogP contribution in [0.3, 0.4) is 0 Å². The molecule has 37 heavy (non-hydrogen) atoms. The number of amides is 2. The minimum absolute atomic E-state index is 0.0367. The van der Waals surface area contributed by atoms with Crippen LogP contribution in [0, 0.1) is 5.82 Å². The zero-order chi connectivity index (χ0) is 27.9. The molecule has 0 aliphatic heterocycles. The molecule has 0 spiro atoms. The van der Waals surface area contributed by atoms with Gasteiger partial charge in [0, 0.05) is 26.2 Å². The van der Waals surface area contributed by atoms with Gasteiger partial charge >= 0.3 is 11.8 Å². The van der Waals surface area contributed by atoms with E-state index in [0.717, 1.165) is 36.4 Å². The summed E-state index contributed by atoms with van der Waals surface area (Å²) in [6, 6.07) is 2.34. The zero-order valence-electron chi connectivity index (χ0n) is 23.2. The zero-order valence-corrected chi connectivity index (χ0v) is 23.2. The van der Waals surface area contributed by atoms with Crippen molar-refractivity contribution in [2.75, 3.05) is 13.7 Å². The molecule has 2 rings (SSSR count). The summed E-state index contributed by atoms with van der Waals surface area (Å²) in [5, 5.41) is 7.17. The van der Waals surface area contributed by atoms with E-state index in [2.05, 4.69) is 10.4 Å². The Morgan fingerprint density at radius 2 is 1.84 bits per heavy atom. The van der Waals surface area contributed by atoms with Gasteiger partial charge in [0.1, 0.15) is 22.9 Å². The predicted molar refractivity (Wildman–Crippen MR) is 139 cm³/mol. The van der Waals surface area contributed by atoms with Crippen LogP contribution in [0.4, 0.5) is 9.18 Å². The second kappa shape index (κ2) is 12.7. The second-order valence-corrected chi connectivity index (χ2v) is 9.99. The van der Waals surface area contributed by atoms with Crippen LogP contribution < -0.4 is 15.7 Å². The van der Waals surface area contributed by atoms with Crippen molar-refractivity contribution in [1.82, 2.24) is 24.6 Å². The summed E-state index contributed by atoms with van der Waals surface area (Å²) in [5.74, 6) is -0.858. The fourth-order valence-electron chi connectivity index (χ4n) is 3.47. The Kier molecular flexibility index (Phi) is 10.3. The Bertz CT molecular complexity index is 1150. The number of nitrogens with one attached hydrogen (secondary N) is 1. The summed E-state index contributed by atoms with van der Waals surface area (Å²) >= 11 is 0. The van der Waals surface area contributed by atoms with E-state index in [1.165, 1.54) is 29.6 Å². The van der Waals surface area contributed by atoms with Crippen molar-refractivity contribution >= 4 is 12.0 Å². The second-order valence-electron chi connectivity index (χ2n) is 9.99. The van der Waals surface area contributed by atoms with Crippen molar-refractivity contribution in [3.8, 4) is 11.4 Å². The molecule has 0 aliphatic rings. The smallest absolute Gasteiger partial charge is 0.410 e. The molecule has 1 aromatic carbocycles. The fourth-order valence-corrected chi connectivity index (χ4v) is 3.47. The Labute approximate surface area is 217 Å². The maximum Gasteiger partial charge on any atom is 0.410 e. The summed E-state index contributed by atoms with van der Waals surface area (Å²) in [4.78, 5) is 39.5. The number of benzene rings is 1. The maximum absolute atomic E-state index is 15.3. The molecule has 0 aliphatic carbocycles. The van der Waals surface area contributed by atoms with Crippen LogP contribution in [0.2, 0.25) is 0 Å². The molecule has 1 aromatic heterocycles.